The van der Waals surface area contributed by atoms with Gasteiger partial charge in [-0.1, -0.05) is 12.1 Å². The Hall–Kier alpha value is -2.29. The van der Waals surface area contributed by atoms with Crippen LogP contribution in [0.3, 0.4) is 0 Å². The van der Waals surface area contributed by atoms with Gasteiger partial charge in [-0.05, 0) is 18.6 Å². The minimum Gasteiger partial charge on any atom is -0.412 e. The van der Waals surface area contributed by atoms with Crippen LogP contribution in [0, 0.1) is 5.82 Å². The van der Waals surface area contributed by atoms with E-state index in [1.54, 1.807) is 6.07 Å². The molecule has 1 saturated heterocycles. The summed E-state index contributed by atoms with van der Waals surface area (Å²) >= 11 is 0. The number of aromatic nitrogens is 2. The van der Waals surface area contributed by atoms with E-state index in [2.05, 4.69) is 15.5 Å². The zero-order valence-corrected chi connectivity index (χ0v) is 12.1. The average Bonchev–Trinajstić information content (AvgIpc) is 3.06. The lowest BCUT2D eigenvalue weighted by molar-refractivity contribution is 0.0906. The van der Waals surface area contributed by atoms with Gasteiger partial charge in [0.25, 0.3) is 5.89 Å². The summed E-state index contributed by atoms with van der Waals surface area (Å²) in [5, 5.41) is 9.73. The second-order valence-corrected chi connectivity index (χ2v) is 7.19. The van der Waals surface area contributed by atoms with E-state index in [1.165, 1.54) is 18.2 Å². The van der Waals surface area contributed by atoms with Crippen molar-refractivity contribution in [1.82, 2.24) is 15.5 Å². The third-order valence-electron chi connectivity index (χ3n) is 3.29. The maximum atomic E-state index is 13.6. The molecule has 2 aromatic rings. The van der Waals surface area contributed by atoms with Crippen LogP contribution in [-0.2, 0) is 9.84 Å². The summed E-state index contributed by atoms with van der Waals surface area (Å²) in [4.78, 5) is 11.9. The van der Waals surface area contributed by atoms with Gasteiger partial charge in [-0.15, -0.1) is 10.2 Å². The van der Waals surface area contributed by atoms with Crippen molar-refractivity contribution in [2.45, 2.75) is 12.5 Å². The lowest BCUT2D eigenvalue weighted by Crippen LogP contribution is -2.35. The number of benzene rings is 1. The molecule has 1 aromatic heterocycles. The summed E-state index contributed by atoms with van der Waals surface area (Å²) in [6.45, 7) is 0. The largest absolute Gasteiger partial charge is 0.412 e. The number of amides is 1. The van der Waals surface area contributed by atoms with Gasteiger partial charge in [-0.25, -0.2) is 12.8 Å². The Morgan fingerprint density at radius 1 is 1.32 bits per heavy atom. The van der Waals surface area contributed by atoms with Crippen LogP contribution in [0.15, 0.2) is 28.7 Å². The van der Waals surface area contributed by atoms with Crippen LogP contribution in [0.25, 0.3) is 11.5 Å². The molecule has 2 heterocycles. The molecular formula is C13H12FN3O4S. The Labute approximate surface area is 125 Å². The molecule has 0 bridgehead atoms. The first-order valence-electron chi connectivity index (χ1n) is 6.54. The lowest BCUT2D eigenvalue weighted by Gasteiger charge is -2.07. The van der Waals surface area contributed by atoms with Crippen LogP contribution in [0.5, 0.6) is 0 Å². The molecule has 0 saturated carbocycles. The van der Waals surface area contributed by atoms with Crippen molar-refractivity contribution in [1.29, 1.82) is 0 Å². The molecule has 0 radical (unpaired) electrons. The fourth-order valence-corrected chi connectivity index (χ4v) is 3.89. The third kappa shape index (κ3) is 2.98. The molecule has 1 N–H and O–H groups in total. The zero-order chi connectivity index (χ0) is 15.7. The molecule has 3 rings (SSSR count). The van der Waals surface area contributed by atoms with Crippen molar-refractivity contribution in [3.05, 3.63) is 36.0 Å². The number of hydrogen-bond donors (Lipinski definition) is 1. The number of carbonyl (C=O) groups is 1. The summed E-state index contributed by atoms with van der Waals surface area (Å²) in [5.41, 5.74) is 0.0949. The molecular weight excluding hydrogens is 313 g/mol. The standard InChI is InChI=1S/C13H12FN3O4S/c14-10-4-2-1-3-9(10)12-16-17-13(21-12)11(18)15-8-5-6-22(19,20)7-8/h1-4,8H,5-7H2,(H,15,18). The molecule has 1 amide bonds. The van der Waals surface area contributed by atoms with Crippen molar-refractivity contribution in [2.24, 2.45) is 0 Å². The Morgan fingerprint density at radius 3 is 2.77 bits per heavy atom. The van der Waals surface area contributed by atoms with Gasteiger partial charge in [0.15, 0.2) is 9.84 Å². The topological polar surface area (TPSA) is 102 Å². The number of halogens is 1. The number of nitrogens with zero attached hydrogens (tertiary/aromatic N) is 2. The molecule has 1 unspecified atom stereocenters. The molecule has 1 aromatic carbocycles. The van der Waals surface area contributed by atoms with Crippen LogP contribution in [0.4, 0.5) is 4.39 Å². The Morgan fingerprint density at radius 2 is 2.09 bits per heavy atom. The molecule has 1 fully saturated rings. The van der Waals surface area contributed by atoms with Gasteiger partial charge in [0.1, 0.15) is 5.82 Å². The highest BCUT2D eigenvalue weighted by molar-refractivity contribution is 7.91. The first-order valence-corrected chi connectivity index (χ1v) is 8.36. The number of rotatable bonds is 3. The van der Waals surface area contributed by atoms with E-state index < -0.39 is 27.6 Å². The van der Waals surface area contributed by atoms with E-state index in [0.717, 1.165) is 0 Å². The molecule has 116 valence electrons. The monoisotopic (exact) mass is 325 g/mol. The molecule has 0 spiro atoms. The van der Waals surface area contributed by atoms with Crippen molar-refractivity contribution >= 4 is 15.7 Å². The fraction of sp³-hybridized carbons (Fsp3) is 0.308. The van der Waals surface area contributed by atoms with Crippen molar-refractivity contribution < 1.29 is 22.0 Å². The summed E-state index contributed by atoms with van der Waals surface area (Å²) in [6, 6.07) is 5.34. The maximum absolute atomic E-state index is 13.6. The van der Waals surface area contributed by atoms with Crippen LogP contribution < -0.4 is 5.32 Å². The number of carbonyl (C=O) groups excluding carboxylic acids is 1. The van der Waals surface area contributed by atoms with Gasteiger partial charge in [0.05, 0.1) is 17.1 Å². The van der Waals surface area contributed by atoms with Gasteiger partial charge in [-0.3, -0.25) is 4.79 Å². The second-order valence-electron chi connectivity index (χ2n) is 4.97. The minimum absolute atomic E-state index is 0.0439. The minimum atomic E-state index is -3.10. The van der Waals surface area contributed by atoms with Crippen LogP contribution in [0.1, 0.15) is 17.1 Å². The highest BCUT2D eigenvalue weighted by Crippen LogP contribution is 2.21. The quantitative estimate of drug-likeness (QED) is 0.895. The highest BCUT2D eigenvalue weighted by atomic mass is 32.2. The predicted molar refractivity (Wildman–Crippen MR) is 74.2 cm³/mol. The van der Waals surface area contributed by atoms with Gasteiger partial charge in [0.2, 0.25) is 0 Å². The summed E-state index contributed by atoms with van der Waals surface area (Å²) in [6.07, 6.45) is 0.350. The van der Waals surface area contributed by atoms with E-state index in [9.17, 15) is 17.6 Å². The SMILES string of the molecule is O=C(NC1CCS(=O)(=O)C1)c1nnc(-c2ccccc2F)o1. The Kier molecular flexibility index (Phi) is 3.65. The smallest absolute Gasteiger partial charge is 0.309 e. The fourth-order valence-electron chi connectivity index (χ4n) is 2.21. The van der Waals surface area contributed by atoms with E-state index in [4.69, 9.17) is 4.42 Å². The number of hydrogen-bond acceptors (Lipinski definition) is 6. The van der Waals surface area contributed by atoms with E-state index in [0.29, 0.717) is 6.42 Å². The summed E-state index contributed by atoms with van der Waals surface area (Å²) in [5.74, 6) is -1.71. The van der Waals surface area contributed by atoms with E-state index >= 15 is 0 Å². The maximum Gasteiger partial charge on any atom is 0.309 e. The van der Waals surface area contributed by atoms with E-state index in [-0.39, 0.29) is 28.9 Å². The Bertz CT molecular complexity index is 818. The zero-order valence-electron chi connectivity index (χ0n) is 11.3. The molecule has 1 atom stereocenters. The van der Waals surface area contributed by atoms with Crippen molar-refractivity contribution in [2.75, 3.05) is 11.5 Å². The molecule has 1 aliphatic rings. The summed E-state index contributed by atoms with van der Waals surface area (Å²) in [7, 11) is -3.10. The van der Waals surface area contributed by atoms with Gasteiger partial charge in [-0.2, -0.15) is 0 Å². The average molecular weight is 325 g/mol. The molecule has 0 aliphatic carbocycles. The highest BCUT2D eigenvalue weighted by Gasteiger charge is 2.30. The van der Waals surface area contributed by atoms with Crippen molar-refractivity contribution in [3.8, 4) is 11.5 Å². The molecule has 22 heavy (non-hydrogen) atoms. The second kappa shape index (κ2) is 5.48. The van der Waals surface area contributed by atoms with Gasteiger partial charge < -0.3 is 9.73 Å². The predicted octanol–water partition coefficient (Wildman–Crippen LogP) is 0.793. The lowest BCUT2D eigenvalue weighted by atomic mass is 10.2. The van der Waals surface area contributed by atoms with Crippen LogP contribution in [0.2, 0.25) is 0 Å². The normalized spacial score (nSPS) is 20.0. The number of nitrogens with one attached hydrogen (secondary N) is 1. The molecule has 1 aliphatic heterocycles. The molecule has 7 nitrogen and oxygen atoms in total. The van der Waals surface area contributed by atoms with Gasteiger partial charge in [0, 0.05) is 6.04 Å². The van der Waals surface area contributed by atoms with Crippen LogP contribution >= 0.6 is 0 Å². The van der Waals surface area contributed by atoms with Crippen LogP contribution in [-0.4, -0.2) is 42.1 Å². The van der Waals surface area contributed by atoms with Gasteiger partial charge >= 0.3 is 11.8 Å². The summed E-state index contributed by atoms with van der Waals surface area (Å²) < 4.78 is 41.4. The molecule has 9 heteroatoms. The van der Waals surface area contributed by atoms with Crippen molar-refractivity contribution in [3.63, 3.8) is 0 Å². The Balaban J connectivity index is 1.74. The third-order valence-corrected chi connectivity index (χ3v) is 5.06. The first-order chi connectivity index (χ1) is 10.4. The number of sulfone groups is 1. The van der Waals surface area contributed by atoms with E-state index in [1.807, 2.05) is 0 Å². The first kappa shape index (κ1) is 14.6.